The second-order valence-electron chi connectivity index (χ2n) is 4.08. The van der Waals surface area contributed by atoms with Crippen molar-refractivity contribution >= 4 is 35.3 Å². The van der Waals surface area contributed by atoms with Crippen LogP contribution in [-0.2, 0) is 0 Å². The smallest absolute Gasteiger partial charge is 0.231 e. The highest BCUT2D eigenvalue weighted by molar-refractivity contribution is 7.99. The molecule has 2 aromatic rings. The fourth-order valence-corrected chi connectivity index (χ4v) is 2.47. The van der Waals surface area contributed by atoms with E-state index < -0.39 is 0 Å². The highest BCUT2D eigenvalue weighted by Gasteiger charge is 2.12. The predicted octanol–water partition coefficient (Wildman–Crippen LogP) is 2.96. The maximum Gasteiger partial charge on any atom is 0.231 e. The van der Waals surface area contributed by atoms with E-state index >= 15 is 0 Å². The average Bonchev–Trinajstić information content (AvgIpc) is 2.50. The molecule has 21 heavy (non-hydrogen) atoms. The van der Waals surface area contributed by atoms with E-state index in [0.29, 0.717) is 22.1 Å². The summed E-state index contributed by atoms with van der Waals surface area (Å²) in [6.45, 7) is 5.82. The summed E-state index contributed by atoms with van der Waals surface area (Å²) in [6.07, 6.45) is 1.61. The second kappa shape index (κ2) is 7.42. The summed E-state index contributed by atoms with van der Waals surface area (Å²) in [5.41, 5.74) is 0. The Morgan fingerprint density at radius 3 is 2.52 bits per heavy atom. The zero-order chi connectivity index (χ0) is 15.2. The molecule has 0 radical (unpaired) electrons. The minimum Gasteiger partial charge on any atom is -0.357 e. The molecule has 6 nitrogen and oxygen atoms in total. The third kappa shape index (κ3) is 4.18. The van der Waals surface area contributed by atoms with Gasteiger partial charge in [0.15, 0.2) is 0 Å². The van der Waals surface area contributed by atoms with E-state index in [2.05, 4.69) is 44.0 Å². The molecule has 0 aliphatic carbocycles. The van der Waals surface area contributed by atoms with Gasteiger partial charge >= 0.3 is 0 Å². The van der Waals surface area contributed by atoms with Crippen LogP contribution < -0.4 is 10.2 Å². The zero-order valence-corrected chi connectivity index (χ0v) is 13.7. The van der Waals surface area contributed by atoms with Crippen molar-refractivity contribution < 1.29 is 0 Å². The number of rotatable bonds is 6. The lowest BCUT2D eigenvalue weighted by atomic mass is 10.5. The number of halogens is 1. The van der Waals surface area contributed by atoms with Crippen LogP contribution in [0.5, 0.6) is 0 Å². The summed E-state index contributed by atoms with van der Waals surface area (Å²) in [7, 11) is 1.79. The first-order chi connectivity index (χ1) is 10.2. The maximum absolute atomic E-state index is 5.84. The fourth-order valence-electron chi connectivity index (χ4n) is 1.67. The number of nitrogens with zero attached hydrogens (tertiary/aromatic N) is 5. The summed E-state index contributed by atoms with van der Waals surface area (Å²) in [4.78, 5) is 19.5. The van der Waals surface area contributed by atoms with Crippen molar-refractivity contribution in [3.8, 4) is 0 Å². The quantitative estimate of drug-likeness (QED) is 0.876. The van der Waals surface area contributed by atoms with Gasteiger partial charge in [0.25, 0.3) is 0 Å². The van der Waals surface area contributed by atoms with E-state index in [4.69, 9.17) is 11.6 Å². The molecular formula is C13H17ClN6S. The molecule has 2 aromatic heterocycles. The molecule has 0 spiro atoms. The Labute approximate surface area is 133 Å². The first-order valence-electron chi connectivity index (χ1n) is 6.64. The number of hydrogen-bond donors (Lipinski definition) is 1. The molecule has 0 amide bonds. The lowest BCUT2D eigenvalue weighted by molar-refractivity contribution is 0.784. The molecule has 0 aromatic carbocycles. The molecule has 0 unspecified atom stereocenters. The molecular weight excluding hydrogens is 308 g/mol. The number of aromatic nitrogens is 4. The van der Waals surface area contributed by atoms with Crippen LogP contribution in [0.2, 0.25) is 5.02 Å². The summed E-state index contributed by atoms with van der Waals surface area (Å²) >= 11 is 7.22. The van der Waals surface area contributed by atoms with Crippen LogP contribution in [0.4, 0.5) is 11.9 Å². The van der Waals surface area contributed by atoms with Crippen LogP contribution in [-0.4, -0.2) is 40.1 Å². The SMILES string of the molecule is CCN(CC)c1nc(NC)nc(Sc2ccc(Cl)cn2)n1. The van der Waals surface area contributed by atoms with E-state index in [1.165, 1.54) is 11.8 Å². The largest absolute Gasteiger partial charge is 0.357 e. The number of anilines is 2. The predicted molar refractivity (Wildman–Crippen MR) is 86.3 cm³/mol. The van der Waals surface area contributed by atoms with Crippen molar-refractivity contribution in [2.24, 2.45) is 0 Å². The molecule has 8 heteroatoms. The summed E-state index contributed by atoms with van der Waals surface area (Å²) < 4.78 is 0. The third-order valence-corrected chi connectivity index (χ3v) is 3.81. The monoisotopic (exact) mass is 324 g/mol. The van der Waals surface area contributed by atoms with E-state index in [0.717, 1.165) is 18.1 Å². The Hall–Kier alpha value is -1.60. The van der Waals surface area contributed by atoms with Crippen molar-refractivity contribution in [3.05, 3.63) is 23.4 Å². The maximum atomic E-state index is 5.84. The zero-order valence-electron chi connectivity index (χ0n) is 12.2. The summed E-state index contributed by atoms with van der Waals surface area (Å²) in [5.74, 6) is 1.21. The molecule has 112 valence electrons. The molecule has 0 fully saturated rings. The molecule has 0 saturated heterocycles. The highest BCUT2D eigenvalue weighted by Crippen LogP contribution is 2.25. The van der Waals surface area contributed by atoms with Crippen molar-refractivity contribution in [1.29, 1.82) is 0 Å². The van der Waals surface area contributed by atoms with Crippen LogP contribution in [0.15, 0.2) is 28.5 Å². The Kier molecular flexibility index (Phi) is 5.58. The number of hydrogen-bond acceptors (Lipinski definition) is 7. The normalized spacial score (nSPS) is 10.5. The molecule has 0 aliphatic heterocycles. The minimum absolute atomic E-state index is 0.545. The number of nitrogens with one attached hydrogen (secondary N) is 1. The van der Waals surface area contributed by atoms with Crippen LogP contribution >= 0.6 is 23.4 Å². The lowest BCUT2D eigenvalue weighted by Crippen LogP contribution is -2.25. The lowest BCUT2D eigenvalue weighted by Gasteiger charge is -2.19. The van der Waals surface area contributed by atoms with Crippen molar-refractivity contribution in [2.75, 3.05) is 30.4 Å². The topological polar surface area (TPSA) is 66.8 Å². The van der Waals surface area contributed by atoms with Crippen LogP contribution in [0.25, 0.3) is 0 Å². The fraction of sp³-hybridized carbons (Fsp3) is 0.385. The van der Waals surface area contributed by atoms with Gasteiger partial charge in [-0.25, -0.2) is 4.98 Å². The first-order valence-corrected chi connectivity index (χ1v) is 7.83. The average molecular weight is 325 g/mol. The molecule has 1 N–H and O–H groups in total. The Balaban J connectivity index is 2.29. The van der Waals surface area contributed by atoms with Crippen LogP contribution in [0.1, 0.15) is 13.8 Å². The van der Waals surface area contributed by atoms with Gasteiger partial charge in [0, 0.05) is 26.3 Å². The van der Waals surface area contributed by atoms with E-state index in [1.54, 1.807) is 19.3 Å². The Morgan fingerprint density at radius 1 is 1.19 bits per heavy atom. The second-order valence-corrected chi connectivity index (χ2v) is 5.50. The molecule has 2 heterocycles. The Morgan fingerprint density at radius 2 is 1.95 bits per heavy atom. The third-order valence-electron chi connectivity index (χ3n) is 2.77. The standard InChI is InChI=1S/C13H17ClN6S/c1-4-20(5-2)12-17-11(15-3)18-13(19-12)21-10-7-6-9(14)8-16-10/h6-8H,4-5H2,1-3H3,(H,15,17,18,19). The van der Waals surface area contributed by atoms with Crippen molar-refractivity contribution in [2.45, 2.75) is 24.0 Å². The van der Waals surface area contributed by atoms with E-state index in [9.17, 15) is 0 Å². The minimum atomic E-state index is 0.545. The molecule has 0 bridgehead atoms. The van der Waals surface area contributed by atoms with Gasteiger partial charge in [-0.2, -0.15) is 15.0 Å². The highest BCUT2D eigenvalue weighted by atomic mass is 35.5. The molecule has 0 saturated carbocycles. The van der Waals surface area contributed by atoms with Crippen LogP contribution in [0.3, 0.4) is 0 Å². The van der Waals surface area contributed by atoms with Gasteiger partial charge in [0.2, 0.25) is 17.1 Å². The molecule has 0 aliphatic rings. The van der Waals surface area contributed by atoms with Crippen molar-refractivity contribution in [1.82, 2.24) is 19.9 Å². The summed E-state index contributed by atoms with van der Waals surface area (Å²) in [5, 5.41) is 4.96. The van der Waals surface area contributed by atoms with Gasteiger partial charge in [-0.05, 0) is 37.7 Å². The van der Waals surface area contributed by atoms with Crippen molar-refractivity contribution in [3.63, 3.8) is 0 Å². The van der Waals surface area contributed by atoms with Gasteiger partial charge in [-0.3, -0.25) is 0 Å². The first kappa shape index (κ1) is 15.8. The van der Waals surface area contributed by atoms with E-state index in [-0.39, 0.29) is 0 Å². The van der Waals surface area contributed by atoms with Gasteiger partial charge < -0.3 is 10.2 Å². The molecule has 0 atom stereocenters. The Bertz CT molecular complexity index is 588. The molecule has 2 rings (SSSR count). The van der Waals surface area contributed by atoms with Gasteiger partial charge in [0.1, 0.15) is 5.03 Å². The van der Waals surface area contributed by atoms with E-state index in [1.807, 2.05) is 6.07 Å². The van der Waals surface area contributed by atoms with Gasteiger partial charge in [-0.1, -0.05) is 11.6 Å². The van der Waals surface area contributed by atoms with Crippen LogP contribution in [0, 0.1) is 0 Å². The summed E-state index contributed by atoms with van der Waals surface area (Å²) in [6, 6.07) is 3.63. The number of pyridine rings is 1. The van der Waals surface area contributed by atoms with Gasteiger partial charge in [0.05, 0.1) is 5.02 Å². The van der Waals surface area contributed by atoms with Gasteiger partial charge in [-0.15, -0.1) is 0 Å².